The van der Waals surface area contributed by atoms with Gasteiger partial charge in [0.05, 0.1) is 31.2 Å². The second kappa shape index (κ2) is 8.78. The van der Waals surface area contributed by atoms with E-state index in [2.05, 4.69) is 14.9 Å². The van der Waals surface area contributed by atoms with Crippen molar-refractivity contribution in [2.24, 2.45) is 0 Å². The normalized spacial score (nSPS) is 21.0. The van der Waals surface area contributed by atoms with E-state index < -0.39 is 12.1 Å². The molecule has 1 spiro atoms. The van der Waals surface area contributed by atoms with Crippen molar-refractivity contribution in [1.29, 1.82) is 0 Å². The molecule has 11 heteroatoms. The van der Waals surface area contributed by atoms with Gasteiger partial charge in [-0.3, -0.25) is 9.88 Å². The molecule has 4 heterocycles. The third-order valence-corrected chi connectivity index (χ3v) is 4.50. The van der Waals surface area contributed by atoms with Gasteiger partial charge in [0.1, 0.15) is 11.9 Å². The molecule has 0 saturated carbocycles. The molecule has 2 aromatic rings. The highest BCUT2D eigenvalue weighted by molar-refractivity contribution is 5.73. The van der Waals surface area contributed by atoms with E-state index in [1.54, 1.807) is 24.9 Å². The summed E-state index contributed by atoms with van der Waals surface area (Å²) in [4.78, 5) is 19.5. The minimum absolute atomic E-state index is 0.0717. The van der Waals surface area contributed by atoms with Gasteiger partial charge in [-0.2, -0.15) is 13.2 Å². The molecule has 29 heavy (non-hydrogen) atoms. The summed E-state index contributed by atoms with van der Waals surface area (Å²) in [7, 11) is 0. The molecule has 0 radical (unpaired) electrons. The Morgan fingerprint density at radius 1 is 1.38 bits per heavy atom. The predicted octanol–water partition coefficient (Wildman–Crippen LogP) is 2.52. The fraction of sp³-hybridized carbons (Fsp3) is 0.500. The molecule has 0 aromatic carbocycles. The molecule has 2 saturated heterocycles. The monoisotopic (exact) mass is 415 g/mol. The lowest BCUT2D eigenvalue weighted by Crippen LogP contribution is -2.65. The molecule has 2 aliphatic heterocycles. The van der Waals surface area contributed by atoms with Crippen LogP contribution in [-0.4, -0.2) is 63.5 Å². The van der Waals surface area contributed by atoms with E-state index in [1.165, 1.54) is 0 Å². The van der Waals surface area contributed by atoms with Crippen molar-refractivity contribution in [3.05, 3.63) is 42.7 Å². The number of carboxylic acid groups (broad SMARTS) is 1. The summed E-state index contributed by atoms with van der Waals surface area (Å²) in [5.74, 6) is -1.16. The predicted molar refractivity (Wildman–Crippen MR) is 92.0 cm³/mol. The molecule has 2 fully saturated rings. The van der Waals surface area contributed by atoms with Crippen LogP contribution in [0, 0.1) is 0 Å². The number of furan rings is 1. The van der Waals surface area contributed by atoms with Gasteiger partial charge in [0.2, 0.25) is 5.88 Å². The summed E-state index contributed by atoms with van der Waals surface area (Å²) < 4.78 is 49.1. The molecule has 1 atom stereocenters. The summed E-state index contributed by atoms with van der Waals surface area (Å²) >= 11 is 0. The van der Waals surface area contributed by atoms with Crippen LogP contribution in [0.1, 0.15) is 18.6 Å². The number of halogens is 3. The first kappa shape index (κ1) is 21.1. The first-order chi connectivity index (χ1) is 13.8. The Kier molecular flexibility index (Phi) is 6.38. The first-order valence-electron chi connectivity index (χ1n) is 8.87. The SMILES string of the molecule is O=C(O)C(F)(F)F.c1coc(CN2CC3(CC(Oc4cnccn4)CCO3)C2)c1. The van der Waals surface area contributed by atoms with Crippen molar-refractivity contribution >= 4 is 5.97 Å². The van der Waals surface area contributed by atoms with E-state index in [0.29, 0.717) is 5.88 Å². The summed E-state index contributed by atoms with van der Waals surface area (Å²) in [5, 5.41) is 7.12. The van der Waals surface area contributed by atoms with Crippen LogP contribution in [0.25, 0.3) is 0 Å². The van der Waals surface area contributed by atoms with Gasteiger partial charge < -0.3 is 19.0 Å². The number of aromatic nitrogens is 2. The molecule has 8 nitrogen and oxygen atoms in total. The van der Waals surface area contributed by atoms with Gasteiger partial charge in [-0.25, -0.2) is 9.78 Å². The molecular weight excluding hydrogens is 395 g/mol. The highest BCUT2D eigenvalue weighted by Gasteiger charge is 2.48. The second-order valence-corrected chi connectivity index (χ2v) is 6.84. The Bertz CT molecular complexity index is 780. The van der Waals surface area contributed by atoms with E-state index in [-0.39, 0.29) is 11.7 Å². The molecular formula is C18H20F3N3O5. The Hall–Kier alpha value is -2.66. The summed E-state index contributed by atoms with van der Waals surface area (Å²) in [5.41, 5.74) is -0.0717. The minimum atomic E-state index is -5.08. The number of hydrogen-bond donors (Lipinski definition) is 1. The van der Waals surface area contributed by atoms with Crippen molar-refractivity contribution in [2.45, 2.75) is 37.3 Å². The maximum absolute atomic E-state index is 10.6. The lowest BCUT2D eigenvalue weighted by molar-refractivity contribution is -0.192. The number of alkyl halides is 3. The number of nitrogens with zero attached hydrogens (tertiary/aromatic N) is 3. The van der Waals surface area contributed by atoms with E-state index in [0.717, 1.165) is 44.8 Å². The number of carboxylic acids is 1. The average Bonchev–Trinajstić information content (AvgIpc) is 3.14. The summed E-state index contributed by atoms with van der Waals surface area (Å²) in [6.45, 7) is 3.43. The number of rotatable bonds is 4. The van der Waals surface area contributed by atoms with E-state index in [9.17, 15) is 13.2 Å². The Morgan fingerprint density at radius 2 is 2.14 bits per heavy atom. The molecule has 0 amide bonds. The van der Waals surface area contributed by atoms with Crippen LogP contribution in [0.2, 0.25) is 0 Å². The van der Waals surface area contributed by atoms with Gasteiger partial charge in [-0.1, -0.05) is 0 Å². The maximum atomic E-state index is 10.6. The zero-order valence-electron chi connectivity index (χ0n) is 15.3. The quantitative estimate of drug-likeness (QED) is 0.814. The summed E-state index contributed by atoms with van der Waals surface area (Å²) in [6, 6.07) is 3.93. The number of ether oxygens (including phenoxy) is 2. The fourth-order valence-corrected chi connectivity index (χ4v) is 3.32. The smallest absolute Gasteiger partial charge is 0.475 e. The lowest BCUT2D eigenvalue weighted by Gasteiger charge is -2.52. The lowest BCUT2D eigenvalue weighted by atomic mass is 9.84. The van der Waals surface area contributed by atoms with Crippen LogP contribution in [0.3, 0.4) is 0 Å². The van der Waals surface area contributed by atoms with Crippen molar-refractivity contribution in [3.63, 3.8) is 0 Å². The topological polar surface area (TPSA) is 97.9 Å². The van der Waals surface area contributed by atoms with E-state index >= 15 is 0 Å². The Labute approximate surface area is 164 Å². The third-order valence-electron chi connectivity index (χ3n) is 4.50. The first-order valence-corrected chi connectivity index (χ1v) is 8.87. The second-order valence-electron chi connectivity index (χ2n) is 6.84. The Morgan fingerprint density at radius 3 is 2.72 bits per heavy atom. The van der Waals surface area contributed by atoms with Crippen LogP contribution in [0.15, 0.2) is 41.4 Å². The largest absolute Gasteiger partial charge is 0.490 e. The molecule has 158 valence electrons. The van der Waals surface area contributed by atoms with E-state index in [4.69, 9.17) is 23.8 Å². The zero-order valence-corrected chi connectivity index (χ0v) is 15.3. The maximum Gasteiger partial charge on any atom is 0.490 e. The zero-order chi connectivity index (χ0) is 20.9. The van der Waals surface area contributed by atoms with Gasteiger partial charge in [0, 0.05) is 38.3 Å². The Balaban J connectivity index is 0.000000298. The standard InChI is InChI=1S/C16H19N3O3.C2HF3O2/c1-2-14(20-6-1)10-19-11-16(12-19)8-13(3-7-21-16)22-15-9-17-4-5-18-15;3-2(4,5)1(6)7/h1-2,4-6,9,13H,3,7-8,10-12H2;(H,6,7). The van der Waals surface area contributed by atoms with Crippen LogP contribution in [0.5, 0.6) is 5.88 Å². The fourth-order valence-electron chi connectivity index (χ4n) is 3.32. The van der Waals surface area contributed by atoms with Crippen molar-refractivity contribution < 1.29 is 37.0 Å². The van der Waals surface area contributed by atoms with Gasteiger partial charge in [0.15, 0.2) is 0 Å². The number of likely N-dealkylation sites (tertiary alicyclic amines) is 1. The number of hydrogen-bond acceptors (Lipinski definition) is 7. The van der Waals surface area contributed by atoms with Crippen LogP contribution in [0.4, 0.5) is 13.2 Å². The molecule has 4 rings (SSSR count). The van der Waals surface area contributed by atoms with E-state index in [1.807, 2.05) is 12.1 Å². The highest BCUT2D eigenvalue weighted by atomic mass is 19.4. The molecule has 1 N–H and O–H groups in total. The summed E-state index contributed by atoms with van der Waals surface area (Å²) in [6.07, 6.45) is 3.54. The molecule has 0 aliphatic carbocycles. The van der Waals surface area contributed by atoms with Crippen LogP contribution in [-0.2, 0) is 16.1 Å². The van der Waals surface area contributed by atoms with Crippen LogP contribution < -0.4 is 4.74 Å². The number of carbonyl (C=O) groups is 1. The van der Waals surface area contributed by atoms with Crippen molar-refractivity contribution in [2.75, 3.05) is 19.7 Å². The van der Waals surface area contributed by atoms with Crippen molar-refractivity contribution in [3.8, 4) is 5.88 Å². The molecule has 0 bridgehead atoms. The minimum Gasteiger partial charge on any atom is -0.475 e. The van der Waals surface area contributed by atoms with Gasteiger partial charge in [-0.05, 0) is 12.1 Å². The van der Waals surface area contributed by atoms with Crippen molar-refractivity contribution in [1.82, 2.24) is 14.9 Å². The highest BCUT2D eigenvalue weighted by Crippen LogP contribution is 2.36. The molecule has 2 aromatic heterocycles. The average molecular weight is 415 g/mol. The number of aliphatic carboxylic acids is 1. The van der Waals surface area contributed by atoms with Gasteiger partial charge in [0.25, 0.3) is 0 Å². The van der Waals surface area contributed by atoms with Crippen LogP contribution >= 0.6 is 0 Å². The molecule has 1 unspecified atom stereocenters. The van der Waals surface area contributed by atoms with Gasteiger partial charge >= 0.3 is 12.1 Å². The van der Waals surface area contributed by atoms with Gasteiger partial charge in [-0.15, -0.1) is 0 Å². The molecule has 2 aliphatic rings. The third kappa shape index (κ3) is 5.91.